The number of halogens is 3. The highest BCUT2D eigenvalue weighted by Gasteiger charge is 2.46. The quantitative estimate of drug-likeness (QED) is 0.703. The molecule has 1 amide bonds. The summed E-state index contributed by atoms with van der Waals surface area (Å²) in [7, 11) is -3.84. The highest BCUT2D eigenvalue weighted by atomic mass is 35.5. The van der Waals surface area contributed by atoms with E-state index in [1.54, 1.807) is 23.1 Å². The third kappa shape index (κ3) is 4.01. The highest BCUT2D eigenvalue weighted by molar-refractivity contribution is 7.89. The number of piperazine rings is 1. The molecule has 2 aromatic rings. The van der Waals surface area contributed by atoms with Crippen LogP contribution in [-0.2, 0) is 14.8 Å². The summed E-state index contributed by atoms with van der Waals surface area (Å²) in [6.45, 7) is 0.993. The summed E-state index contributed by atoms with van der Waals surface area (Å²) in [5.41, 5.74) is 0.958. The third-order valence-electron chi connectivity index (χ3n) is 5.47. The first-order valence-electron chi connectivity index (χ1n) is 9.27. The Morgan fingerprint density at radius 2 is 1.55 bits per heavy atom. The molecule has 9 heteroatoms. The number of rotatable bonds is 4. The van der Waals surface area contributed by atoms with Gasteiger partial charge in [0.1, 0.15) is 10.7 Å². The van der Waals surface area contributed by atoms with E-state index in [-0.39, 0.29) is 51.6 Å². The monoisotopic (exact) mass is 456 g/mol. The van der Waals surface area contributed by atoms with E-state index in [1.807, 2.05) is 0 Å². The van der Waals surface area contributed by atoms with Crippen molar-refractivity contribution in [1.29, 1.82) is 0 Å². The molecule has 0 spiro atoms. The van der Waals surface area contributed by atoms with Crippen molar-refractivity contribution >= 4 is 39.1 Å². The van der Waals surface area contributed by atoms with E-state index >= 15 is 0 Å². The Bertz CT molecular complexity index is 1020. The highest BCUT2D eigenvalue weighted by Crippen LogP contribution is 2.48. The van der Waals surface area contributed by atoms with Crippen LogP contribution >= 0.6 is 23.2 Å². The van der Waals surface area contributed by atoms with Crippen LogP contribution in [0.2, 0.25) is 10.0 Å². The van der Waals surface area contributed by atoms with Gasteiger partial charge in [0.05, 0.1) is 10.0 Å². The molecule has 0 radical (unpaired) electrons. The number of carbonyl (C=O) groups is 1. The van der Waals surface area contributed by atoms with E-state index in [0.717, 1.165) is 12.0 Å². The molecule has 1 saturated heterocycles. The van der Waals surface area contributed by atoms with Crippen LogP contribution in [0.3, 0.4) is 0 Å². The number of sulfonamides is 1. The number of carbonyl (C=O) groups excluding carboxylic acids is 1. The maximum Gasteiger partial charge on any atom is 0.246 e. The van der Waals surface area contributed by atoms with Crippen molar-refractivity contribution in [2.24, 2.45) is 5.92 Å². The van der Waals surface area contributed by atoms with Gasteiger partial charge in [-0.15, -0.1) is 0 Å². The van der Waals surface area contributed by atoms with Crippen LogP contribution in [0, 0.1) is 11.7 Å². The number of nitrogens with zero attached hydrogens (tertiary/aromatic N) is 2. The molecule has 2 atom stereocenters. The molecule has 1 heterocycles. The van der Waals surface area contributed by atoms with Crippen LogP contribution in [0.15, 0.2) is 47.4 Å². The van der Waals surface area contributed by atoms with Crippen molar-refractivity contribution in [3.05, 3.63) is 63.9 Å². The Balaban J connectivity index is 1.40. The Morgan fingerprint density at radius 1 is 0.966 bits per heavy atom. The number of benzene rings is 2. The maximum absolute atomic E-state index is 13.1. The molecule has 2 aromatic carbocycles. The van der Waals surface area contributed by atoms with E-state index in [4.69, 9.17) is 23.2 Å². The molecule has 0 bridgehead atoms. The average molecular weight is 457 g/mol. The number of hydrogen-bond acceptors (Lipinski definition) is 3. The molecule has 1 aliphatic carbocycles. The minimum absolute atomic E-state index is 0.0205. The SMILES string of the molecule is O=C(C1CC1c1ccc(F)cc1)N1CCN(S(=O)(=O)c2c(Cl)cccc2Cl)CC1. The first-order valence-corrected chi connectivity index (χ1v) is 11.5. The predicted octanol–water partition coefficient (Wildman–Crippen LogP) is 3.77. The fraction of sp³-hybridized carbons (Fsp3) is 0.350. The molecule has 1 aliphatic heterocycles. The van der Waals surface area contributed by atoms with E-state index in [1.165, 1.54) is 28.6 Å². The third-order valence-corrected chi connectivity index (χ3v) is 8.33. The molecular formula is C20H19Cl2FN2O3S. The fourth-order valence-corrected chi connectivity index (χ4v) is 6.30. The maximum atomic E-state index is 13.1. The van der Waals surface area contributed by atoms with E-state index < -0.39 is 10.0 Å². The lowest BCUT2D eigenvalue weighted by Gasteiger charge is -2.34. The number of amides is 1. The van der Waals surface area contributed by atoms with Crippen LogP contribution in [0.1, 0.15) is 17.9 Å². The van der Waals surface area contributed by atoms with Crippen molar-refractivity contribution in [3.8, 4) is 0 Å². The second-order valence-corrected chi connectivity index (χ2v) is 9.97. The van der Waals surface area contributed by atoms with Gasteiger partial charge in [-0.3, -0.25) is 4.79 Å². The Hall–Kier alpha value is -1.67. The van der Waals surface area contributed by atoms with Gasteiger partial charge < -0.3 is 4.90 Å². The van der Waals surface area contributed by atoms with E-state index in [0.29, 0.717) is 13.1 Å². The van der Waals surface area contributed by atoms with Crippen LogP contribution in [0.4, 0.5) is 4.39 Å². The molecule has 1 saturated carbocycles. The predicted molar refractivity (Wildman–Crippen MR) is 109 cm³/mol. The zero-order valence-corrected chi connectivity index (χ0v) is 17.7. The lowest BCUT2D eigenvalue weighted by Crippen LogP contribution is -2.51. The second-order valence-electron chi connectivity index (χ2n) is 7.28. The van der Waals surface area contributed by atoms with Crippen molar-refractivity contribution in [2.45, 2.75) is 17.2 Å². The Kier molecular flexibility index (Phi) is 5.59. The molecule has 4 rings (SSSR count). The smallest absolute Gasteiger partial charge is 0.246 e. The molecule has 2 unspecified atom stereocenters. The summed E-state index contributed by atoms with van der Waals surface area (Å²) in [4.78, 5) is 14.4. The summed E-state index contributed by atoms with van der Waals surface area (Å²) < 4.78 is 40.3. The molecule has 29 heavy (non-hydrogen) atoms. The van der Waals surface area contributed by atoms with Gasteiger partial charge in [0, 0.05) is 32.1 Å². The van der Waals surface area contributed by atoms with Gasteiger partial charge in [-0.05, 0) is 42.2 Å². The molecule has 0 aromatic heterocycles. The summed E-state index contributed by atoms with van der Waals surface area (Å²) in [5.74, 6) is -0.297. The van der Waals surface area contributed by atoms with Gasteiger partial charge in [-0.2, -0.15) is 4.31 Å². The standard InChI is InChI=1S/C20H19Cl2FN2O3S/c21-17-2-1-3-18(22)19(17)29(27,28)25-10-8-24(9-11-25)20(26)16-12-15(16)13-4-6-14(23)7-5-13/h1-7,15-16H,8-12H2. The first kappa shape index (κ1) is 20.6. The summed E-state index contributed by atoms with van der Waals surface area (Å²) in [6, 6.07) is 10.8. The van der Waals surface area contributed by atoms with E-state index in [2.05, 4.69) is 0 Å². The largest absolute Gasteiger partial charge is 0.340 e. The zero-order chi connectivity index (χ0) is 20.8. The van der Waals surface area contributed by atoms with Crippen molar-refractivity contribution in [3.63, 3.8) is 0 Å². The van der Waals surface area contributed by atoms with Gasteiger partial charge in [-0.1, -0.05) is 41.4 Å². The van der Waals surface area contributed by atoms with Crippen LogP contribution in [-0.4, -0.2) is 49.7 Å². The van der Waals surface area contributed by atoms with Gasteiger partial charge in [0.15, 0.2) is 0 Å². The van der Waals surface area contributed by atoms with Gasteiger partial charge >= 0.3 is 0 Å². The molecular weight excluding hydrogens is 438 g/mol. The van der Waals surface area contributed by atoms with E-state index in [9.17, 15) is 17.6 Å². The minimum Gasteiger partial charge on any atom is -0.340 e. The zero-order valence-electron chi connectivity index (χ0n) is 15.4. The normalized spacial score (nSPS) is 22.5. The van der Waals surface area contributed by atoms with Crippen molar-refractivity contribution < 1.29 is 17.6 Å². The van der Waals surface area contributed by atoms with Gasteiger partial charge in [0.25, 0.3) is 0 Å². The number of hydrogen-bond donors (Lipinski definition) is 0. The molecule has 0 N–H and O–H groups in total. The topological polar surface area (TPSA) is 57.7 Å². The summed E-state index contributed by atoms with van der Waals surface area (Å²) in [6.07, 6.45) is 0.734. The molecule has 2 fully saturated rings. The summed E-state index contributed by atoms with van der Waals surface area (Å²) in [5, 5.41) is 0.159. The van der Waals surface area contributed by atoms with Crippen LogP contribution in [0.5, 0.6) is 0 Å². The average Bonchev–Trinajstić information content (AvgIpc) is 3.48. The summed E-state index contributed by atoms with van der Waals surface area (Å²) >= 11 is 12.1. The lowest BCUT2D eigenvalue weighted by molar-refractivity contribution is -0.133. The second kappa shape index (κ2) is 7.87. The van der Waals surface area contributed by atoms with Gasteiger partial charge in [0.2, 0.25) is 15.9 Å². The molecule has 2 aliphatic rings. The first-order chi connectivity index (χ1) is 13.8. The van der Waals surface area contributed by atoms with Crippen molar-refractivity contribution in [2.75, 3.05) is 26.2 Å². The van der Waals surface area contributed by atoms with Crippen LogP contribution in [0.25, 0.3) is 0 Å². The molecule has 5 nitrogen and oxygen atoms in total. The lowest BCUT2D eigenvalue weighted by atomic mass is 10.1. The molecule has 154 valence electrons. The minimum atomic E-state index is -3.84. The van der Waals surface area contributed by atoms with Crippen molar-refractivity contribution in [1.82, 2.24) is 9.21 Å². The van der Waals surface area contributed by atoms with Crippen LogP contribution < -0.4 is 0 Å². The fourth-order valence-electron chi connectivity index (χ4n) is 3.79. The Labute approximate surface area is 179 Å². The Morgan fingerprint density at radius 3 is 2.14 bits per heavy atom. The van der Waals surface area contributed by atoms with Gasteiger partial charge in [-0.25, -0.2) is 12.8 Å².